The van der Waals surface area contributed by atoms with Crippen LogP contribution in [0.5, 0.6) is 0 Å². The first-order valence-corrected chi connectivity index (χ1v) is 14.0. The van der Waals surface area contributed by atoms with Crippen LogP contribution in [-0.4, -0.2) is 88.9 Å². The fourth-order valence-electron chi connectivity index (χ4n) is 5.72. The maximum Gasteiger partial charge on any atom is 0.224 e. The number of hydrogen-bond donors (Lipinski definition) is 1. The van der Waals surface area contributed by atoms with Crippen molar-refractivity contribution in [3.05, 3.63) is 24.5 Å². The van der Waals surface area contributed by atoms with E-state index in [2.05, 4.69) is 30.2 Å². The van der Waals surface area contributed by atoms with Crippen LogP contribution >= 0.6 is 11.3 Å². The molecule has 0 radical (unpaired) electrons. The number of carbonyl (C=O) groups excluding carboxylic acids is 1. The van der Waals surface area contributed by atoms with Gasteiger partial charge in [0.25, 0.3) is 0 Å². The predicted molar refractivity (Wildman–Crippen MR) is 137 cm³/mol. The van der Waals surface area contributed by atoms with Gasteiger partial charge in [0.1, 0.15) is 0 Å². The third kappa shape index (κ3) is 5.98. The van der Waals surface area contributed by atoms with E-state index in [1.54, 1.807) is 11.3 Å². The van der Waals surface area contributed by atoms with E-state index >= 15 is 0 Å². The molecule has 1 atom stereocenters. The number of anilines is 1. The molecule has 9 heteroatoms. The monoisotopic (exact) mass is 485 g/mol. The van der Waals surface area contributed by atoms with Gasteiger partial charge in [-0.1, -0.05) is 17.8 Å². The van der Waals surface area contributed by atoms with Crippen molar-refractivity contribution in [3.8, 4) is 5.13 Å². The van der Waals surface area contributed by atoms with Gasteiger partial charge in [0.05, 0.1) is 5.92 Å². The van der Waals surface area contributed by atoms with Crippen LogP contribution in [0.25, 0.3) is 5.13 Å². The molecule has 0 aliphatic carbocycles. The van der Waals surface area contributed by atoms with E-state index in [1.807, 2.05) is 29.1 Å². The number of rotatable bonds is 8. The second kappa shape index (κ2) is 11.6. The maximum absolute atomic E-state index is 12.8. The predicted octanol–water partition coefficient (Wildman–Crippen LogP) is 3.00. The summed E-state index contributed by atoms with van der Waals surface area (Å²) in [5.41, 5.74) is 0. The Morgan fingerprint density at radius 1 is 0.941 bits per heavy atom. The van der Waals surface area contributed by atoms with E-state index in [9.17, 15) is 4.79 Å². The van der Waals surface area contributed by atoms with Gasteiger partial charge in [0.15, 0.2) is 0 Å². The average molecular weight is 486 g/mol. The van der Waals surface area contributed by atoms with E-state index in [0.717, 1.165) is 61.7 Å². The van der Waals surface area contributed by atoms with Crippen LogP contribution in [0.2, 0.25) is 0 Å². The number of nitrogens with zero attached hydrogens (tertiary/aromatic N) is 6. The molecule has 2 aromatic heterocycles. The number of piperidine rings is 3. The highest BCUT2D eigenvalue weighted by atomic mass is 32.1. The van der Waals surface area contributed by atoms with Gasteiger partial charge in [-0.25, -0.2) is 0 Å². The van der Waals surface area contributed by atoms with Crippen molar-refractivity contribution in [2.45, 2.75) is 57.4 Å². The summed E-state index contributed by atoms with van der Waals surface area (Å²) in [4.78, 5) is 20.4. The molecule has 3 fully saturated rings. The lowest BCUT2D eigenvalue weighted by Gasteiger charge is -2.40. The number of amides is 1. The summed E-state index contributed by atoms with van der Waals surface area (Å²) in [6.07, 6.45) is 13.8. The van der Waals surface area contributed by atoms with Crippen LogP contribution in [0.1, 0.15) is 51.4 Å². The van der Waals surface area contributed by atoms with Crippen molar-refractivity contribution in [1.82, 2.24) is 29.9 Å². The zero-order valence-corrected chi connectivity index (χ0v) is 21.1. The second-order valence-electron chi connectivity index (χ2n) is 10.1. The third-order valence-corrected chi connectivity index (χ3v) is 8.70. The van der Waals surface area contributed by atoms with E-state index in [4.69, 9.17) is 0 Å². The van der Waals surface area contributed by atoms with Crippen molar-refractivity contribution in [3.63, 3.8) is 0 Å². The summed E-state index contributed by atoms with van der Waals surface area (Å²) in [5, 5.41) is 13.7. The third-order valence-electron chi connectivity index (χ3n) is 7.71. The fraction of sp³-hybridized carbons (Fsp3) is 0.720. The Bertz CT molecular complexity index is 887. The van der Waals surface area contributed by atoms with Crippen LogP contribution < -0.4 is 10.2 Å². The van der Waals surface area contributed by atoms with Gasteiger partial charge in [0, 0.05) is 38.1 Å². The fourth-order valence-corrected chi connectivity index (χ4v) is 6.57. The highest BCUT2D eigenvalue weighted by Crippen LogP contribution is 2.28. The van der Waals surface area contributed by atoms with Crippen LogP contribution in [0.3, 0.4) is 0 Å². The minimum Gasteiger partial charge on any atom is -0.356 e. The summed E-state index contributed by atoms with van der Waals surface area (Å²) < 4.78 is 1.98. The minimum atomic E-state index is 0.0352. The Kier molecular flexibility index (Phi) is 8.13. The minimum absolute atomic E-state index is 0.0352. The molecule has 3 saturated heterocycles. The normalized spacial score (nSPS) is 23.3. The van der Waals surface area contributed by atoms with E-state index in [1.165, 1.54) is 58.3 Å². The molecule has 8 nitrogen and oxygen atoms in total. The molecule has 0 spiro atoms. The largest absolute Gasteiger partial charge is 0.356 e. The van der Waals surface area contributed by atoms with Gasteiger partial charge in [-0.05, 0) is 89.8 Å². The molecule has 34 heavy (non-hydrogen) atoms. The highest BCUT2D eigenvalue weighted by molar-refractivity contribution is 7.17. The van der Waals surface area contributed by atoms with Gasteiger partial charge in [0.2, 0.25) is 16.2 Å². The zero-order valence-electron chi connectivity index (χ0n) is 20.3. The SMILES string of the molecule is O=C(NCCCN1CCC(N2CCCCC2)CC1)[C@H]1CCCN(c2nnc(-n3cccc3)s2)C1. The van der Waals surface area contributed by atoms with E-state index < -0.39 is 0 Å². The van der Waals surface area contributed by atoms with Crippen LogP contribution in [0.15, 0.2) is 24.5 Å². The Morgan fingerprint density at radius 3 is 2.50 bits per heavy atom. The van der Waals surface area contributed by atoms with Gasteiger partial charge in [-0.15, -0.1) is 10.2 Å². The molecule has 2 aromatic rings. The smallest absolute Gasteiger partial charge is 0.224 e. The summed E-state index contributed by atoms with van der Waals surface area (Å²) in [7, 11) is 0. The van der Waals surface area contributed by atoms with Crippen LogP contribution in [-0.2, 0) is 4.79 Å². The Hall–Kier alpha value is -1.97. The average Bonchev–Trinajstić information content (AvgIpc) is 3.60. The summed E-state index contributed by atoms with van der Waals surface area (Å²) >= 11 is 1.58. The molecule has 3 aliphatic heterocycles. The molecule has 1 N–H and O–H groups in total. The topological polar surface area (TPSA) is 69.5 Å². The zero-order chi connectivity index (χ0) is 23.2. The molecule has 0 bridgehead atoms. The molecule has 0 aromatic carbocycles. The van der Waals surface area contributed by atoms with Crippen molar-refractivity contribution >= 4 is 22.4 Å². The van der Waals surface area contributed by atoms with E-state index in [0.29, 0.717) is 0 Å². The van der Waals surface area contributed by atoms with Gasteiger partial charge < -0.3 is 20.0 Å². The molecule has 0 unspecified atom stereocenters. The lowest BCUT2D eigenvalue weighted by Crippen LogP contribution is -2.47. The lowest BCUT2D eigenvalue weighted by atomic mass is 9.97. The summed E-state index contributed by atoms with van der Waals surface area (Å²) in [5.74, 6) is 0.233. The molecule has 5 rings (SSSR count). The van der Waals surface area contributed by atoms with Crippen molar-refractivity contribution in [2.75, 3.05) is 57.3 Å². The molecular formula is C25H39N7OS. The first kappa shape index (κ1) is 23.8. The summed E-state index contributed by atoms with van der Waals surface area (Å²) in [6, 6.07) is 4.78. The van der Waals surface area contributed by atoms with Crippen molar-refractivity contribution in [2.24, 2.45) is 5.92 Å². The van der Waals surface area contributed by atoms with Crippen molar-refractivity contribution in [1.29, 1.82) is 0 Å². The van der Waals surface area contributed by atoms with Gasteiger partial charge in [-0.3, -0.25) is 9.36 Å². The quantitative estimate of drug-likeness (QED) is 0.580. The molecule has 5 heterocycles. The Balaban J connectivity index is 1.00. The number of hydrogen-bond acceptors (Lipinski definition) is 7. The van der Waals surface area contributed by atoms with Gasteiger partial charge >= 0.3 is 0 Å². The Labute approximate surface area is 207 Å². The summed E-state index contributed by atoms with van der Waals surface area (Å²) in [6.45, 7) is 8.58. The first-order chi connectivity index (χ1) is 16.8. The Morgan fingerprint density at radius 2 is 1.71 bits per heavy atom. The second-order valence-corrected chi connectivity index (χ2v) is 11.0. The molecule has 0 saturated carbocycles. The van der Waals surface area contributed by atoms with E-state index in [-0.39, 0.29) is 11.8 Å². The molecule has 1 amide bonds. The molecule has 3 aliphatic rings. The lowest BCUT2D eigenvalue weighted by molar-refractivity contribution is -0.125. The highest BCUT2D eigenvalue weighted by Gasteiger charge is 2.28. The van der Waals surface area contributed by atoms with Crippen molar-refractivity contribution < 1.29 is 4.79 Å². The number of nitrogens with one attached hydrogen (secondary N) is 1. The molecular weight excluding hydrogens is 446 g/mol. The number of likely N-dealkylation sites (tertiary alicyclic amines) is 2. The standard InChI is InChI=1S/C25H39N7OS/c33-23(26-11-7-12-29-18-9-22(10-19-29)30-13-2-1-3-14-30)21-8-6-17-32(20-21)25-28-27-24(34-25)31-15-4-5-16-31/h4-5,15-16,21-22H,1-3,6-14,17-20H2,(H,26,33)/t21-/m0/s1. The number of aromatic nitrogens is 3. The maximum atomic E-state index is 12.8. The van der Waals surface area contributed by atoms with Gasteiger partial charge in [-0.2, -0.15) is 0 Å². The molecule has 186 valence electrons. The van der Waals surface area contributed by atoms with Crippen LogP contribution in [0.4, 0.5) is 5.13 Å². The number of carbonyl (C=O) groups is 1. The first-order valence-electron chi connectivity index (χ1n) is 13.2. The van der Waals surface area contributed by atoms with Crippen LogP contribution in [0, 0.1) is 5.92 Å².